The lowest BCUT2D eigenvalue weighted by Gasteiger charge is -2.07. The number of benzene rings is 2. The topological polar surface area (TPSA) is 42.2 Å². The van der Waals surface area contributed by atoms with Gasteiger partial charge in [-0.05, 0) is 55.3 Å². The van der Waals surface area contributed by atoms with E-state index in [2.05, 4.69) is 17.4 Å². The summed E-state index contributed by atoms with van der Waals surface area (Å²) < 4.78 is 5.42. The molecule has 1 heterocycles. The highest BCUT2D eigenvalue weighted by atomic mass is 32.2. The number of aryl methyl sites for hydroxylation is 2. The van der Waals surface area contributed by atoms with Crippen molar-refractivity contribution in [3.8, 4) is 0 Å². The second-order valence-corrected chi connectivity index (χ2v) is 6.68. The summed E-state index contributed by atoms with van der Waals surface area (Å²) in [6.07, 6.45) is 1.57. The third kappa shape index (κ3) is 3.89. The smallest absolute Gasteiger partial charge is 0.291 e. The maximum absolute atomic E-state index is 12.5. The van der Waals surface area contributed by atoms with Gasteiger partial charge in [-0.3, -0.25) is 4.79 Å². The number of amides is 1. The molecule has 0 spiro atoms. The number of hydrogen-bond donors (Lipinski definition) is 1. The minimum Gasteiger partial charge on any atom is -0.459 e. The van der Waals surface area contributed by atoms with Crippen LogP contribution in [0.25, 0.3) is 0 Å². The van der Waals surface area contributed by atoms with Gasteiger partial charge >= 0.3 is 0 Å². The lowest BCUT2D eigenvalue weighted by atomic mass is 10.1. The Bertz CT molecular complexity index is 840. The normalized spacial score (nSPS) is 10.6. The van der Waals surface area contributed by atoms with Crippen LogP contribution in [0.4, 0.5) is 5.69 Å². The molecule has 0 aliphatic heterocycles. The van der Waals surface area contributed by atoms with Crippen molar-refractivity contribution in [1.29, 1.82) is 0 Å². The van der Waals surface area contributed by atoms with Crippen LogP contribution < -0.4 is 5.32 Å². The van der Waals surface area contributed by atoms with Gasteiger partial charge < -0.3 is 9.73 Å². The van der Waals surface area contributed by atoms with E-state index in [1.54, 1.807) is 18.0 Å². The predicted molar refractivity (Wildman–Crippen MR) is 98.6 cm³/mol. The number of hydrogen-bond acceptors (Lipinski definition) is 3. The molecule has 0 aliphatic carbocycles. The van der Waals surface area contributed by atoms with Crippen LogP contribution in [0.15, 0.2) is 70.2 Å². The molecule has 24 heavy (non-hydrogen) atoms. The lowest BCUT2D eigenvalue weighted by Crippen LogP contribution is -2.12. The van der Waals surface area contributed by atoms with E-state index in [4.69, 9.17) is 4.42 Å². The first-order valence-corrected chi connectivity index (χ1v) is 8.75. The molecule has 0 saturated heterocycles. The molecule has 1 aromatic heterocycles. The van der Waals surface area contributed by atoms with Gasteiger partial charge in [-0.25, -0.2) is 0 Å². The van der Waals surface area contributed by atoms with E-state index in [0.29, 0.717) is 11.5 Å². The highest BCUT2D eigenvalue weighted by Crippen LogP contribution is 2.25. The van der Waals surface area contributed by atoms with Gasteiger partial charge in [0.2, 0.25) is 0 Å². The number of anilines is 1. The van der Waals surface area contributed by atoms with E-state index in [-0.39, 0.29) is 5.91 Å². The Kier molecular flexibility index (Phi) is 5.06. The molecule has 0 bridgehead atoms. The quantitative estimate of drug-likeness (QED) is 0.630. The van der Waals surface area contributed by atoms with Gasteiger partial charge in [0.25, 0.3) is 5.91 Å². The van der Waals surface area contributed by atoms with Crippen molar-refractivity contribution in [3.05, 3.63) is 83.3 Å². The molecule has 0 radical (unpaired) electrons. The molecule has 0 atom stereocenters. The molecule has 3 aromatic rings. The largest absolute Gasteiger partial charge is 0.459 e. The predicted octanol–water partition coefficient (Wildman–Crippen LogP) is 5.44. The van der Waals surface area contributed by atoms with Crippen molar-refractivity contribution in [1.82, 2.24) is 0 Å². The molecule has 0 saturated carbocycles. The summed E-state index contributed by atoms with van der Waals surface area (Å²) >= 11 is 1.68. The first-order chi connectivity index (χ1) is 11.6. The van der Waals surface area contributed by atoms with Gasteiger partial charge in [0.1, 0.15) is 0 Å². The monoisotopic (exact) mass is 337 g/mol. The van der Waals surface area contributed by atoms with Gasteiger partial charge in [0.05, 0.1) is 6.26 Å². The molecular formula is C20H19NO2S. The number of nitrogens with one attached hydrogen (secondary N) is 1. The molecular weight excluding hydrogens is 318 g/mol. The molecule has 1 amide bonds. The van der Waals surface area contributed by atoms with Crippen molar-refractivity contribution in [2.75, 3.05) is 5.32 Å². The molecule has 3 rings (SSSR count). The summed E-state index contributed by atoms with van der Waals surface area (Å²) in [5, 5.41) is 2.91. The van der Waals surface area contributed by atoms with Gasteiger partial charge in [-0.15, -0.1) is 11.8 Å². The average molecular weight is 337 g/mol. The Hall–Kier alpha value is -2.46. The van der Waals surface area contributed by atoms with Crippen molar-refractivity contribution >= 4 is 23.4 Å². The Morgan fingerprint density at radius 2 is 1.83 bits per heavy atom. The molecule has 2 aromatic carbocycles. The molecule has 3 nitrogen and oxygen atoms in total. The molecule has 0 fully saturated rings. The third-order valence-electron chi connectivity index (χ3n) is 3.86. The summed E-state index contributed by atoms with van der Waals surface area (Å²) in [4.78, 5) is 13.7. The second-order valence-electron chi connectivity index (χ2n) is 5.63. The van der Waals surface area contributed by atoms with Crippen molar-refractivity contribution in [2.45, 2.75) is 24.5 Å². The SMILES string of the molecule is Cc1ccc(NC(=O)c2occc2CSc2ccccc2)cc1C. The molecule has 1 N–H and O–H groups in total. The zero-order valence-electron chi connectivity index (χ0n) is 13.7. The molecule has 0 aliphatic rings. The Morgan fingerprint density at radius 3 is 2.58 bits per heavy atom. The maximum Gasteiger partial charge on any atom is 0.291 e. The van der Waals surface area contributed by atoms with Crippen LogP contribution in [0.1, 0.15) is 27.2 Å². The third-order valence-corrected chi connectivity index (χ3v) is 4.92. The standard InChI is InChI=1S/C20H19NO2S/c1-14-8-9-17(12-15(14)2)21-20(22)19-16(10-11-23-19)13-24-18-6-4-3-5-7-18/h3-12H,13H2,1-2H3,(H,21,22). The fourth-order valence-electron chi connectivity index (χ4n) is 2.33. The number of rotatable bonds is 5. The summed E-state index contributed by atoms with van der Waals surface area (Å²) in [7, 11) is 0. The first-order valence-electron chi connectivity index (χ1n) is 7.76. The van der Waals surface area contributed by atoms with E-state index in [0.717, 1.165) is 16.8 Å². The van der Waals surface area contributed by atoms with Crippen molar-refractivity contribution in [2.24, 2.45) is 0 Å². The van der Waals surface area contributed by atoms with E-state index >= 15 is 0 Å². The van der Waals surface area contributed by atoms with Crippen LogP contribution in [-0.2, 0) is 5.75 Å². The minimum absolute atomic E-state index is 0.216. The van der Waals surface area contributed by atoms with Crippen LogP contribution >= 0.6 is 11.8 Å². The Balaban J connectivity index is 1.69. The summed E-state index contributed by atoms with van der Waals surface area (Å²) in [5.74, 6) is 0.847. The number of carbonyl (C=O) groups is 1. The van der Waals surface area contributed by atoms with Crippen molar-refractivity contribution < 1.29 is 9.21 Å². The fourth-order valence-corrected chi connectivity index (χ4v) is 3.23. The van der Waals surface area contributed by atoms with Crippen LogP contribution in [-0.4, -0.2) is 5.91 Å². The second kappa shape index (κ2) is 7.41. The van der Waals surface area contributed by atoms with Crippen LogP contribution in [0.3, 0.4) is 0 Å². The Labute approximate surface area is 146 Å². The van der Waals surface area contributed by atoms with Gasteiger partial charge in [0.15, 0.2) is 5.76 Å². The van der Waals surface area contributed by atoms with E-state index < -0.39 is 0 Å². The zero-order valence-corrected chi connectivity index (χ0v) is 14.5. The molecule has 122 valence electrons. The number of furan rings is 1. The van der Waals surface area contributed by atoms with Gasteiger partial charge in [-0.1, -0.05) is 24.3 Å². The molecule has 0 unspecified atom stereocenters. The summed E-state index contributed by atoms with van der Waals surface area (Å²) in [6.45, 7) is 4.08. The van der Waals surface area contributed by atoms with Crippen LogP contribution in [0.2, 0.25) is 0 Å². The first kappa shape index (κ1) is 16.4. The van der Waals surface area contributed by atoms with E-state index in [1.165, 1.54) is 10.5 Å². The van der Waals surface area contributed by atoms with Crippen molar-refractivity contribution in [3.63, 3.8) is 0 Å². The minimum atomic E-state index is -0.216. The molecule has 4 heteroatoms. The lowest BCUT2D eigenvalue weighted by molar-refractivity contribution is 0.0996. The van der Waals surface area contributed by atoms with Gasteiger partial charge in [-0.2, -0.15) is 0 Å². The van der Waals surface area contributed by atoms with E-state index in [1.807, 2.05) is 56.3 Å². The van der Waals surface area contributed by atoms with Gasteiger partial charge in [0, 0.05) is 21.9 Å². The van der Waals surface area contributed by atoms with Crippen LogP contribution in [0.5, 0.6) is 0 Å². The Morgan fingerprint density at radius 1 is 1.04 bits per heavy atom. The fraction of sp³-hybridized carbons (Fsp3) is 0.150. The summed E-state index contributed by atoms with van der Waals surface area (Å²) in [5.41, 5.74) is 4.02. The van der Waals surface area contributed by atoms with E-state index in [9.17, 15) is 4.79 Å². The summed E-state index contributed by atoms with van der Waals surface area (Å²) in [6, 6.07) is 17.8. The zero-order chi connectivity index (χ0) is 16.9. The highest BCUT2D eigenvalue weighted by Gasteiger charge is 2.16. The number of thioether (sulfide) groups is 1. The van der Waals surface area contributed by atoms with Crippen LogP contribution in [0, 0.1) is 13.8 Å². The highest BCUT2D eigenvalue weighted by molar-refractivity contribution is 7.98. The number of carbonyl (C=O) groups excluding carboxylic acids is 1. The average Bonchev–Trinajstić information content (AvgIpc) is 3.06. The maximum atomic E-state index is 12.5.